The highest BCUT2D eigenvalue weighted by Crippen LogP contribution is 2.37. The van der Waals surface area contributed by atoms with E-state index in [1.165, 1.54) is 32.8 Å². The van der Waals surface area contributed by atoms with Crippen LogP contribution in [0.5, 0.6) is 0 Å². The summed E-state index contributed by atoms with van der Waals surface area (Å²) in [4.78, 5) is 12.6. The largest absolute Gasteiger partial charge is 0.326 e. The quantitative estimate of drug-likeness (QED) is 0.771. The van der Waals surface area contributed by atoms with Crippen molar-refractivity contribution in [2.45, 2.75) is 19.3 Å². The van der Waals surface area contributed by atoms with Crippen LogP contribution in [-0.2, 0) is 21.2 Å². The van der Waals surface area contributed by atoms with E-state index in [0.717, 1.165) is 12.1 Å². The molecule has 1 N–H and O–H groups in total. The number of piperidine rings is 1. The summed E-state index contributed by atoms with van der Waals surface area (Å²) in [6, 6.07) is 14.5. The van der Waals surface area contributed by atoms with Crippen molar-refractivity contribution in [3.63, 3.8) is 0 Å². The van der Waals surface area contributed by atoms with Crippen molar-refractivity contribution in [2.24, 2.45) is 5.92 Å². The number of fused-ring (bicyclic) bond motifs is 3. The zero-order valence-corrected chi connectivity index (χ0v) is 15.6. The maximum atomic E-state index is 12.6. The van der Waals surface area contributed by atoms with Gasteiger partial charge in [0, 0.05) is 24.7 Å². The molecule has 26 heavy (non-hydrogen) atoms. The number of rotatable bonds is 3. The summed E-state index contributed by atoms with van der Waals surface area (Å²) in [5, 5.41) is 3.01. The number of nitrogens with one attached hydrogen (secondary N) is 1. The van der Waals surface area contributed by atoms with Crippen LogP contribution in [0.1, 0.15) is 24.0 Å². The van der Waals surface area contributed by atoms with Gasteiger partial charge in [0.1, 0.15) is 0 Å². The highest BCUT2D eigenvalue weighted by molar-refractivity contribution is 7.88. The van der Waals surface area contributed by atoms with Gasteiger partial charge >= 0.3 is 0 Å². The highest BCUT2D eigenvalue weighted by atomic mass is 32.2. The fourth-order valence-electron chi connectivity index (χ4n) is 3.92. The molecule has 2 aromatic carbocycles. The molecule has 1 saturated heterocycles. The fourth-order valence-corrected chi connectivity index (χ4v) is 4.79. The average Bonchev–Trinajstić information content (AvgIpc) is 2.98. The Kier molecular flexibility index (Phi) is 4.32. The van der Waals surface area contributed by atoms with Gasteiger partial charge in [-0.3, -0.25) is 4.79 Å². The van der Waals surface area contributed by atoms with Crippen LogP contribution < -0.4 is 5.32 Å². The molecule has 0 radical (unpaired) electrons. The van der Waals surface area contributed by atoms with Gasteiger partial charge in [-0.1, -0.05) is 30.3 Å². The number of hydrogen-bond acceptors (Lipinski definition) is 3. The smallest absolute Gasteiger partial charge is 0.227 e. The minimum absolute atomic E-state index is 0.0198. The van der Waals surface area contributed by atoms with Gasteiger partial charge < -0.3 is 5.32 Å². The summed E-state index contributed by atoms with van der Waals surface area (Å²) in [5.41, 5.74) is 5.87. The first-order valence-electron chi connectivity index (χ1n) is 8.89. The maximum absolute atomic E-state index is 12.6. The Morgan fingerprint density at radius 1 is 1.04 bits per heavy atom. The lowest BCUT2D eigenvalue weighted by Gasteiger charge is -2.29. The third-order valence-corrected chi connectivity index (χ3v) is 6.66. The van der Waals surface area contributed by atoms with Gasteiger partial charge in [-0.25, -0.2) is 12.7 Å². The van der Waals surface area contributed by atoms with Crippen molar-refractivity contribution in [1.29, 1.82) is 0 Å². The minimum Gasteiger partial charge on any atom is -0.326 e. The van der Waals surface area contributed by atoms with E-state index < -0.39 is 10.0 Å². The van der Waals surface area contributed by atoms with E-state index in [4.69, 9.17) is 0 Å². The number of carbonyl (C=O) groups is 1. The summed E-state index contributed by atoms with van der Waals surface area (Å²) < 4.78 is 24.6. The molecule has 2 aromatic rings. The molecule has 4 rings (SSSR count). The van der Waals surface area contributed by atoms with E-state index >= 15 is 0 Å². The van der Waals surface area contributed by atoms with E-state index in [1.54, 1.807) is 0 Å². The number of amides is 1. The van der Waals surface area contributed by atoms with Crippen molar-refractivity contribution in [3.8, 4) is 11.1 Å². The number of benzene rings is 2. The maximum Gasteiger partial charge on any atom is 0.227 e. The third kappa shape index (κ3) is 3.27. The predicted molar refractivity (Wildman–Crippen MR) is 102 cm³/mol. The van der Waals surface area contributed by atoms with E-state index in [0.29, 0.717) is 25.9 Å². The van der Waals surface area contributed by atoms with Gasteiger partial charge in [-0.2, -0.15) is 0 Å². The van der Waals surface area contributed by atoms with Crippen LogP contribution in [0.25, 0.3) is 11.1 Å². The molecule has 5 nitrogen and oxygen atoms in total. The lowest BCUT2D eigenvalue weighted by Crippen LogP contribution is -2.40. The standard InChI is InChI=1S/C20H22N2O3S/c1-26(24,25)22-10-8-14(9-11-22)20(23)21-17-6-7-19-16(13-17)12-15-4-2-3-5-18(15)19/h2-7,13-14H,8-12H2,1H3,(H,21,23). The second-order valence-electron chi connectivity index (χ2n) is 7.13. The van der Waals surface area contributed by atoms with Crippen LogP contribution in [0.2, 0.25) is 0 Å². The molecule has 0 bridgehead atoms. The Bertz CT molecular complexity index is 961. The summed E-state index contributed by atoms with van der Waals surface area (Å²) in [7, 11) is -3.17. The molecular weight excluding hydrogens is 348 g/mol. The Morgan fingerprint density at radius 3 is 2.46 bits per heavy atom. The first kappa shape index (κ1) is 17.2. The van der Waals surface area contributed by atoms with E-state index in [1.807, 2.05) is 12.1 Å². The van der Waals surface area contributed by atoms with Crippen molar-refractivity contribution >= 4 is 21.6 Å². The summed E-state index contributed by atoms with van der Waals surface area (Å²) in [6.07, 6.45) is 3.24. The van der Waals surface area contributed by atoms with Crippen LogP contribution >= 0.6 is 0 Å². The molecule has 0 aromatic heterocycles. The van der Waals surface area contributed by atoms with Gasteiger partial charge in [0.25, 0.3) is 0 Å². The van der Waals surface area contributed by atoms with Crippen molar-refractivity contribution in [2.75, 3.05) is 24.7 Å². The number of nitrogens with zero attached hydrogens (tertiary/aromatic N) is 1. The van der Waals surface area contributed by atoms with Crippen LogP contribution in [-0.4, -0.2) is 38.0 Å². The number of sulfonamides is 1. The summed E-state index contributed by atoms with van der Waals surface area (Å²) >= 11 is 0. The topological polar surface area (TPSA) is 66.5 Å². The lowest BCUT2D eigenvalue weighted by molar-refractivity contribution is -0.120. The monoisotopic (exact) mass is 370 g/mol. The molecule has 1 fully saturated rings. The average molecular weight is 370 g/mol. The normalized spacial score (nSPS) is 17.6. The zero-order valence-electron chi connectivity index (χ0n) is 14.7. The lowest BCUT2D eigenvalue weighted by atomic mass is 9.97. The predicted octanol–water partition coefficient (Wildman–Crippen LogP) is 2.87. The molecule has 1 aliphatic heterocycles. The molecule has 1 amide bonds. The van der Waals surface area contributed by atoms with Crippen molar-refractivity contribution < 1.29 is 13.2 Å². The number of carbonyl (C=O) groups excluding carboxylic acids is 1. The molecule has 0 saturated carbocycles. The van der Waals surface area contributed by atoms with Gasteiger partial charge in [0.15, 0.2) is 0 Å². The van der Waals surface area contributed by atoms with Crippen molar-refractivity contribution in [1.82, 2.24) is 4.31 Å². The first-order valence-corrected chi connectivity index (χ1v) is 10.7. The van der Waals surface area contributed by atoms with E-state index in [9.17, 15) is 13.2 Å². The van der Waals surface area contributed by atoms with Gasteiger partial charge in [-0.05, 0) is 53.6 Å². The Morgan fingerprint density at radius 2 is 1.73 bits per heavy atom. The molecule has 6 heteroatoms. The molecule has 1 aliphatic carbocycles. The summed E-state index contributed by atoms with van der Waals surface area (Å²) in [6.45, 7) is 0.826. The van der Waals surface area contributed by atoms with E-state index in [-0.39, 0.29) is 11.8 Å². The Hall–Kier alpha value is -2.18. The van der Waals surface area contributed by atoms with Crippen LogP contribution in [0.3, 0.4) is 0 Å². The molecule has 0 atom stereocenters. The van der Waals surface area contributed by atoms with Gasteiger partial charge in [0.2, 0.25) is 15.9 Å². The van der Waals surface area contributed by atoms with Gasteiger partial charge in [-0.15, -0.1) is 0 Å². The summed E-state index contributed by atoms with van der Waals surface area (Å²) in [5.74, 6) is -0.160. The SMILES string of the molecule is CS(=O)(=O)N1CCC(C(=O)Nc2ccc3c(c2)Cc2ccccc2-3)CC1. The van der Waals surface area contributed by atoms with Gasteiger partial charge in [0.05, 0.1) is 6.26 Å². The molecule has 2 aliphatic rings. The zero-order chi connectivity index (χ0) is 18.3. The minimum atomic E-state index is -3.17. The molecular formula is C20H22N2O3S. The second kappa shape index (κ2) is 6.52. The second-order valence-corrected chi connectivity index (χ2v) is 9.11. The Balaban J connectivity index is 1.43. The van der Waals surface area contributed by atoms with Crippen LogP contribution in [0.4, 0.5) is 5.69 Å². The molecule has 136 valence electrons. The molecule has 0 unspecified atom stereocenters. The van der Waals surface area contributed by atoms with Crippen LogP contribution in [0.15, 0.2) is 42.5 Å². The van der Waals surface area contributed by atoms with E-state index in [2.05, 4.69) is 35.6 Å². The Labute approximate surface area is 154 Å². The molecule has 0 spiro atoms. The third-order valence-electron chi connectivity index (χ3n) is 5.35. The fraction of sp³-hybridized carbons (Fsp3) is 0.350. The van der Waals surface area contributed by atoms with Crippen LogP contribution in [0, 0.1) is 5.92 Å². The number of anilines is 1. The van der Waals surface area contributed by atoms with Crippen molar-refractivity contribution in [3.05, 3.63) is 53.6 Å². The first-order chi connectivity index (χ1) is 12.4. The molecule has 1 heterocycles. The highest BCUT2D eigenvalue weighted by Gasteiger charge is 2.29. The number of hydrogen-bond donors (Lipinski definition) is 1.